The lowest BCUT2D eigenvalue weighted by Crippen LogP contribution is -2.55. The molecule has 2 fully saturated rings. The lowest BCUT2D eigenvalue weighted by molar-refractivity contribution is -0.125. The van der Waals surface area contributed by atoms with E-state index in [0.29, 0.717) is 11.5 Å². The molecule has 1 unspecified atom stereocenters. The van der Waals surface area contributed by atoms with E-state index in [4.69, 9.17) is 0 Å². The van der Waals surface area contributed by atoms with E-state index in [2.05, 4.69) is 24.0 Å². The van der Waals surface area contributed by atoms with Crippen LogP contribution in [0.2, 0.25) is 0 Å². The largest absolute Gasteiger partial charge is 0.311 e. The Hall–Kier alpha value is -1.20. The topological polar surface area (TPSA) is 40.6 Å². The van der Waals surface area contributed by atoms with Gasteiger partial charge >= 0.3 is 0 Å². The van der Waals surface area contributed by atoms with Crippen LogP contribution in [-0.4, -0.2) is 52.2 Å². The minimum absolute atomic E-state index is 0.0302. The maximum atomic E-state index is 12.8. The summed E-state index contributed by atoms with van der Waals surface area (Å²) in [5.74, 6) is 1.61. The van der Waals surface area contributed by atoms with E-state index in [9.17, 15) is 9.00 Å². The predicted octanol–water partition coefficient (Wildman–Crippen LogP) is 1.55. The molecule has 0 bridgehead atoms. The maximum Gasteiger partial charge on any atom is 0.244 e. The van der Waals surface area contributed by atoms with Gasteiger partial charge in [0.25, 0.3) is 0 Å². The molecule has 1 aromatic rings. The first kappa shape index (κ1) is 14.7. The van der Waals surface area contributed by atoms with Crippen LogP contribution >= 0.6 is 0 Å². The van der Waals surface area contributed by atoms with Crippen molar-refractivity contribution in [3.63, 3.8) is 0 Å². The molecule has 0 N–H and O–H groups in total. The molecule has 2 aliphatic rings. The third-order valence-corrected chi connectivity index (χ3v) is 5.68. The zero-order valence-corrected chi connectivity index (χ0v) is 13.3. The van der Waals surface area contributed by atoms with Gasteiger partial charge in [-0.05, 0) is 31.9 Å². The molecule has 1 amide bonds. The van der Waals surface area contributed by atoms with Gasteiger partial charge in [0.15, 0.2) is 0 Å². The van der Waals surface area contributed by atoms with E-state index in [1.807, 2.05) is 17.0 Å². The molecule has 3 rings (SSSR count). The Labute approximate surface area is 128 Å². The molecule has 0 radical (unpaired) electrons. The number of hydrogen-bond acceptors (Lipinski definition) is 3. The average molecular weight is 306 g/mol. The molecule has 114 valence electrons. The molecule has 1 aromatic carbocycles. The van der Waals surface area contributed by atoms with E-state index in [0.717, 1.165) is 38.2 Å². The Morgan fingerprint density at radius 2 is 1.76 bits per heavy atom. The minimum atomic E-state index is -0.691. The summed E-state index contributed by atoms with van der Waals surface area (Å²) in [6.45, 7) is 4.42. The Balaban J connectivity index is 1.74. The Bertz CT molecular complexity index is 534. The minimum Gasteiger partial charge on any atom is -0.311 e. The summed E-state index contributed by atoms with van der Waals surface area (Å²) in [5.41, 5.74) is 2.20. The van der Waals surface area contributed by atoms with Crippen LogP contribution < -0.4 is 4.90 Å². The van der Waals surface area contributed by atoms with Crippen molar-refractivity contribution >= 4 is 22.4 Å². The predicted molar refractivity (Wildman–Crippen MR) is 86.0 cm³/mol. The fourth-order valence-electron chi connectivity index (χ4n) is 3.14. The monoisotopic (exact) mass is 306 g/mol. The third-order valence-electron chi connectivity index (χ3n) is 4.41. The van der Waals surface area contributed by atoms with Crippen LogP contribution in [-0.2, 0) is 15.6 Å². The second kappa shape index (κ2) is 6.28. The Kier molecular flexibility index (Phi) is 4.40. The number of carbonyl (C=O) groups excluding carboxylic acids is 1. The van der Waals surface area contributed by atoms with Crippen molar-refractivity contribution in [3.8, 4) is 0 Å². The van der Waals surface area contributed by atoms with Gasteiger partial charge in [0.05, 0.1) is 6.04 Å². The van der Waals surface area contributed by atoms with E-state index in [1.165, 1.54) is 5.56 Å². The van der Waals surface area contributed by atoms with Gasteiger partial charge in [0, 0.05) is 47.6 Å². The number of nitrogens with zero attached hydrogens (tertiary/aromatic N) is 2. The second-order valence-electron chi connectivity index (χ2n) is 5.87. The fraction of sp³-hybridized carbons (Fsp3) is 0.562. The first-order valence-corrected chi connectivity index (χ1v) is 9.11. The highest BCUT2D eigenvalue weighted by Crippen LogP contribution is 2.24. The quantitative estimate of drug-likeness (QED) is 0.832. The van der Waals surface area contributed by atoms with Gasteiger partial charge in [-0.2, -0.15) is 0 Å². The highest BCUT2D eigenvalue weighted by atomic mass is 32.2. The summed E-state index contributed by atoms with van der Waals surface area (Å²) in [6, 6.07) is 8.13. The number of anilines is 1. The molecule has 0 aromatic heterocycles. The van der Waals surface area contributed by atoms with Crippen LogP contribution in [0.3, 0.4) is 0 Å². The average Bonchev–Trinajstić information content (AvgIpc) is 2.50. The van der Waals surface area contributed by atoms with E-state index in [1.54, 1.807) is 0 Å². The maximum absolute atomic E-state index is 12.8. The van der Waals surface area contributed by atoms with E-state index in [-0.39, 0.29) is 11.9 Å². The van der Waals surface area contributed by atoms with Gasteiger partial charge < -0.3 is 4.90 Å². The molecule has 0 saturated carbocycles. The van der Waals surface area contributed by atoms with Crippen molar-refractivity contribution in [2.75, 3.05) is 36.0 Å². The summed E-state index contributed by atoms with van der Waals surface area (Å²) < 4.78 is 11.5. The number of carbonyl (C=O) groups is 1. The molecule has 2 aliphatic heterocycles. The highest BCUT2D eigenvalue weighted by Gasteiger charge is 2.35. The van der Waals surface area contributed by atoms with Gasteiger partial charge in [0.1, 0.15) is 0 Å². The number of aryl methyl sites for hydroxylation is 1. The first-order chi connectivity index (χ1) is 10.1. The zero-order chi connectivity index (χ0) is 14.8. The van der Waals surface area contributed by atoms with Crippen molar-refractivity contribution in [2.24, 2.45) is 0 Å². The van der Waals surface area contributed by atoms with Gasteiger partial charge in [-0.3, -0.25) is 13.9 Å². The normalized spacial score (nSPS) is 25.3. The molecule has 1 atom stereocenters. The highest BCUT2D eigenvalue weighted by molar-refractivity contribution is 7.85. The molecule has 2 heterocycles. The summed E-state index contributed by atoms with van der Waals surface area (Å²) in [6.07, 6.45) is 1.96. The van der Waals surface area contributed by atoms with Crippen molar-refractivity contribution in [2.45, 2.75) is 25.8 Å². The number of piperidine rings is 1. The first-order valence-electron chi connectivity index (χ1n) is 7.62. The van der Waals surface area contributed by atoms with Gasteiger partial charge in [0.2, 0.25) is 5.91 Å². The summed E-state index contributed by atoms with van der Waals surface area (Å²) in [7, 11) is -0.691. The van der Waals surface area contributed by atoms with Crippen molar-refractivity contribution < 1.29 is 9.00 Å². The fourth-order valence-corrected chi connectivity index (χ4v) is 4.22. The van der Waals surface area contributed by atoms with E-state index >= 15 is 0 Å². The van der Waals surface area contributed by atoms with Crippen molar-refractivity contribution in [1.82, 2.24) is 4.90 Å². The van der Waals surface area contributed by atoms with Gasteiger partial charge in [-0.1, -0.05) is 17.7 Å². The summed E-state index contributed by atoms with van der Waals surface area (Å²) in [4.78, 5) is 16.9. The SMILES string of the molecule is Cc1ccc(N2CCCC(N3CCS(=O)CC3)C2=O)cc1. The molecule has 2 saturated heterocycles. The van der Waals surface area contributed by atoms with Gasteiger partial charge in [-0.25, -0.2) is 0 Å². The van der Waals surface area contributed by atoms with Crippen molar-refractivity contribution in [3.05, 3.63) is 29.8 Å². The molecular formula is C16H22N2O2S. The van der Waals surface area contributed by atoms with Crippen LogP contribution in [0.25, 0.3) is 0 Å². The summed E-state index contributed by atoms with van der Waals surface area (Å²) in [5, 5.41) is 0. The van der Waals surface area contributed by atoms with Crippen LogP contribution in [0, 0.1) is 6.92 Å². The van der Waals surface area contributed by atoms with Crippen LogP contribution in [0.15, 0.2) is 24.3 Å². The lowest BCUT2D eigenvalue weighted by atomic mass is 10.0. The van der Waals surface area contributed by atoms with Crippen LogP contribution in [0.4, 0.5) is 5.69 Å². The standard InChI is InChI=1S/C16H22N2O2S/c1-13-4-6-14(7-5-13)18-8-2-3-15(16(18)19)17-9-11-21(20)12-10-17/h4-7,15H,2-3,8-12H2,1H3. The number of amides is 1. The summed E-state index contributed by atoms with van der Waals surface area (Å²) >= 11 is 0. The molecule has 0 aliphatic carbocycles. The van der Waals surface area contributed by atoms with Gasteiger partial charge in [-0.15, -0.1) is 0 Å². The number of rotatable bonds is 2. The number of hydrogen-bond donors (Lipinski definition) is 0. The third kappa shape index (κ3) is 3.19. The Morgan fingerprint density at radius 3 is 2.43 bits per heavy atom. The Morgan fingerprint density at radius 1 is 1.10 bits per heavy atom. The second-order valence-corrected chi connectivity index (χ2v) is 7.56. The van der Waals surface area contributed by atoms with Crippen LogP contribution in [0.5, 0.6) is 0 Å². The lowest BCUT2D eigenvalue weighted by Gasteiger charge is -2.39. The van der Waals surface area contributed by atoms with Crippen LogP contribution in [0.1, 0.15) is 18.4 Å². The zero-order valence-electron chi connectivity index (χ0n) is 12.5. The number of benzene rings is 1. The molecule has 0 spiro atoms. The molecule has 5 heteroatoms. The smallest absolute Gasteiger partial charge is 0.244 e. The van der Waals surface area contributed by atoms with E-state index < -0.39 is 10.8 Å². The molecule has 21 heavy (non-hydrogen) atoms. The van der Waals surface area contributed by atoms with Crippen molar-refractivity contribution in [1.29, 1.82) is 0 Å². The molecular weight excluding hydrogens is 284 g/mol. The molecule has 4 nitrogen and oxygen atoms in total.